The minimum Gasteiger partial charge on any atom is -0.352 e. The van der Waals surface area contributed by atoms with Gasteiger partial charge in [-0.15, -0.1) is 0 Å². The Labute approximate surface area is 263 Å². The number of amides is 2. The third-order valence-corrected chi connectivity index (χ3v) is 9.00. The summed E-state index contributed by atoms with van der Waals surface area (Å²) in [5, 5.41) is 4.07. The number of rotatable bonds is 14. The zero-order valence-electron chi connectivity index (χ0n) is 23.9. The van der Waals surface area contributed by atoms with Crippen LogP contribution in [0.1, 0.15) is 44.2 Å². The van der Waals surface area contributed by atoms with E-state index in [1.807, 2.05) is 56.3 Å². The van der Waals surface area contributed by atoms with Crippen molar-refractivity contribution in [2.24, 2.45) is 0 Å². The van der Waals surface area contributed by atoms with Gasteiger partial charge in [0, 0.05) is 42.0 Å². The van der Waals surface area contributed by atoms with Gasteiger partial charge in [-0.3, -0.25) is 13.9 Å². The number of hydrogen-bond donors (Lipinski definition) is 1. The molecular formula is C31H36Cl3N3O4S. The molecule has 3 aromatic rings. The zero-order chi connectivity index (χ0) is 30.9. The maximum atomic E-state index is 13.9. The van der Waals surface area contributed by atoms with Crippen LogP contribution in [0.4, 0.5) is 5.69 Å². The molecule has 0 aliphatic rings. The second kappa shape index (κ2) is 15.6. The van der Waals surface area contributed by atoms with Crippen LogP contribution in [0, 0.1) is 0 Å². The van der Waals surface area contributed by atoms with Gasteiger partial charge in [-0.05, 0) is 55.2 Å². The number of anilines is 1. The largest absolute Gasteiger partial charge is 0.352 e. The van der Waals surface area contributed by atoms with E-state index in [1.165, 1.54) is 12.1 Å². The molecule has 0 bridgehead atoms. The van der Waals surface area contributed by atoms with Gasteiger partial charge in [-0.25, -0.2) is 8.42 Å². The average Bonchev–Trinajstić information content (AvgIpc) is 2.95. The third-order valence-electron chi connectivity index (χ3n) is 6.90. The number of carbonyl (C=O) groups excluding carboxylic acids is 2. The van der Waals surface area contributed by atoms with Gasteiger partial charge in [0.2, 0.25) is 21.8 Å². The van der Waals surface area contributed by atoms with Crippen molar-refractivity contribution in [3.05, 3.63) is 99.0 Å². The molecule has 2 atom stereocenters. The Balaban J connectivity index is 1.92. The van der Waals surface area contributed by atoms with Crippen LogP contribution < -0.4 is 9.62 Å². The first-order valence-electron chi connectivity index (χ1n) is 13.7. The van der Waals surface area contributed by atoms with E-state index in [0.29, 0.717) is 22.0 Å². The number of sulfonamides is 1. The van der Waals surface area contributed by atoms with Gasteiger partial charge < -0.3 is 10.2 Å². The van der Waals surface area contributed by atoms with Crippen molar-refractivity contribution in [3.8, 4) is 0 Å². The number of nitrogens with one attached hydrogen (secondary N) is 1. The summed E-state index contributed by atoms with van der Waals surface area (Å²) in [7, 11) is -3.73. The highest BCUT2D eigenvalue weighted by molar-refractivity contribution is 7.92. The van der Waals surface area contributed by atoms with Gasteiger partial charge in [-0.2, -0.15) is 0 Å². The van der Waals surface area contributed by atoms with Gasteiger partial charge >= 0.3 is 0 Å². The van der Waals surface area contributed by atoms with Crippen molar-refractivity contribution >= 4 is 62.3 Å². The van der Waals surface area contributed by atoms with Crippen LogP contribution in [0.2, 0.25) is 15.1 Å². The van der Waals surface area contributed by atoms with Crippen molar-refractivity contribution in [2.45, 2.75) is 58.2 Å². The van der Waals surface area contributed by atoms with Crippen molar-refractivity contribution in [2.75, 3.05) is 17.1 Å². The first-order valence-corrected chi connectivity index (χ1v) is 16.7. The minimum absolute atomic E-state index is 0.00696. The molecule has 1 N–H and O–H groups in total. The van der Waals surface area contributed by atoms with E-state index in [0.717, 1.165) is 22.5 Å². The number of hydrogen-bond acceptors (Lipinski definition) is 4. The summed E-state index contributed by atoms with van der Waals surface area (Å²) >= 11 is 18.9. The maximum Gasteiger partial charge on any atom is 0.243 e. The fourth-order valence-electron chi connectivity index (χ4n) is 4.46. The van der Waals surface area contributed by atoms with Gasteiger partial charge in [0.05, 0.1) is 17.0 Å². The molecule has 3 rings (SSSR count). The standard InChI is InChI=1S/C31H36Cl3N3O4S/c1-4-22(2)35-31(39)29(19-23-11-6-5-7-12-23)36(21-24-13-8-9-14-26(24)33)30(38)15-10-18-37(42(3,40)41)28-20-25(32)16-17-27(28)34/h5-9,11-14,16-17,20,22,29H,4,10,15,18-19,21H2,1-3H3,(H,35,39)/t22-,29+/m1/s1. The van der Waals surface area contributed by atoms with Gasteiger partial charge in [-0.1, -0.05) is 90.3 Å². The first kappa shape index (κ1) is 33.7. The highest BCUT2D eigenvalue weighted by atomic mass is 35.5. The topological polar surface area (TPSA) is 86.8 Å². The van der Waals surface area contributed by atoms with E-state index >= 15 is 0 Å². The van der Waals surface area contributed by atoms with Crippen molar-refractivity contribution in [1.82, 2.24) is 10.2 Å². The SMILES string of the molecule is CC[C@@H](C)NC(=O)[C@H](Cc1ccccc1)N(Cc1ccccc1Cl)C(=O)CCCN(c1cc(Cl)ccc1Cl)S(C)(=O)=O. The van der Waals surface area contributed by atoms with Crippen LogP contribution in [0.5, 0.6) is 0 Å². The van der Waals surface area contributed by atoms with Gasteiger partial charge in [0.15, 0.2) is 0 Å². The Bertz CT molecular complexity index is 1470. The van der Waals surface area contributed by atoms with E-state index in [2.05, 4.69) is 5.32 Å². The summed E-state index contributed by atoms with van der Waals surface area (Å²) in [6.07, 6.45) is 2.27. The van der Waals surface area contributed by atoms with Crippen LogP contribution >= 0.6 is 34.8 Å². The molecule has 7 nitrogen and oxygen atoms in total. The Morgan fingerprint density at radius 1 is 0.929 bits per heavy atom. The van der Waals surface area contributed by atoms with E-state index in [1.54, 1.807) is 23.1 Å². The molecule has 0 aromatic heterocycles. The van der Waals surface area contributed by atoms with Crippen LogP contribution in [0.15, 0.2) is 72.8 Å². The molecule has 0 saturated heterocycles. The summed E-state index contributed by atoms with van der Waals surface area (Å²) in [6.45, 7) is 3.99. The summed E-state index contributed by atoms with van der Waals surface area (Å²) in [4.78, 5) is 29.1. The normalized spacial score (nSPS) is 12.8. The molecule has 11 heteroatoms. The van der Waals surface area contributed by atoms with Crippen molar-refractivity contribution in [3.63, 3.8) is 0 Å². The molecule has 0 radical (unpaired) electrons. The number of nitrogens with zero attached hydrogens (tertiary/aromatic N) is 2. The quantitative estimate of drug-likeness (QED) is 0.209. The lowest BCUT2D eigenvalue weighted by molar-refractivity contribution is -0.141. The summed E-state index contributed by atoms with van der Waals surface area (Å²) in [5.74, 6) is -0.571. The van der Waals surface area contributed by atoms with Crippen LogP contribution in [0.3, 0.4) is 0 Å². The van der Waals surface area contributed by atoms with Crippen LogP contribution in [-0.4, -0.2) is 50.0 Å². The lowest BCUT2D eigenvalue weighted by atomic mass is 10.0. The Morgan fingerprint density at radius 3 is 2.24 bits per heavy atom. The van der Waals surface area contributed by atoms with E-state index < -0.39 is 16.1 Å². The van der Waals surface area contributed by atoms with Crippen molar-refractivity contribution in [1.29, 1.82) is 0 Å². The lowest BCUT2D eigenvalue weighted by Crippen LogP contribution is -2.52. The summed E-state index contributed by atoms with van der Waals surface area (Å²) in [5.41, 5.74) is 1.84. The molecule has 226 valence electrons. The lowest BCUT2D eigenvalue weighted by Gasteiger charge is -2.33. The Morgan fingerprint density at radius 2 is 1.60 bits per heavy atom. The summed E-state index contributed by atoms with van der Waals surface area (Å²) in [6, 6.07) is 20.4. The monoisotopic (exact) mass is 651 g/mol. The first-order chi connectivity index (χ1) is 19.9. The minimum atomic E-state index is -3.73. The van der Waals surface area contributed by atoms with Crippen LogP contribution in [-0.2, 0) is 32.6 Å². The molecule has 0 fully saturated rings. The smallest absolute Gasteiger partial charge is 0.243 e. The van der Waals surface area contributed by atoms with E-state index in [9.17, 15) is 18.0 Å². The third kappa shape index (κ3) is 9.63. The molecule has 0 saturated carbocycles. The predicted molar refractivity (Wildman–Crippen MR) is 172 cm³/mol. The van der Waals surface area contributed by atoms with E-state index in [4.69, 9.17) is 34.8 Å². The number of benzene rings is 3. The van der Waals surface area contributed by atoms with Gasteiger partial charge in [0.25, 0.3) is 0 Å². The molecule has 0 aliphatic carbocycles. The van der Waals surface area contributed by atoms with Crippen molar-refractivity contribution < 1.29 is 18.0 Å². The van der Waals surface area contributed by atoms with Crippen LogP contribution in [0.25, 0.3) is 0 Å². The molecule has 0 unspecified atom stereocenters. The Hall–Kier alpha value is -2.78. The van der Waals surface area contributed by atoms with E-state index in [-0.39, 0.29) is 54.5 Å². The second-order valence-corrected chi connectivity index (χ2v) is 13.3. The molecule has 0 aliphatic heterocycles. The molecule has 42 heavy (non-hydrogen) atoms. The molecular weight excluding hydrogens is 617 g/mol. The number of carbonyl (C=O) groups is 2. The predicted octanol–water partition coefficient (Wildman–Crippen LogP) is 6.75. The van der Waals surface area contributed by atoms with Gasteiger partial charge in [0.1, 0.15) is 6.04 Å². The molecule has 3 aromatic carbocycles. The number of halogens is 3. The molecule has 0 spiro atoms. The maximum absolute atomic E-state index is 13.9. The summed E-state index contributed by atoms with van der Waals surface area (Å²) < 4.78 is 26.5. The second-order valence-electron chi connectivity index (χ2n) is 10.2. The zero-order valence-corrected chi connectivity index (χ0v) is 27.0. The fraction of sp³-hybridized carbons (Fsp3) is 0.355. The molecule has 2 amide bonds. The highest BCUT2D eigenvalue weighted by Crippen LogP contribution is 2.31. The molecule has 0 heterocycles. The average molecular weight is 653 g/mol. The Kier molecular flexibility index (Phi) is 12.5. The highest BCUT2D eigenvalue weighted by Gasteiger charge is 2.31. The fourth-order valence-corrected chi connectivity index (χ4v) is 6.07.